The zero-order chi connectivity index (χ0) is 17.3. The van der Waals surface area contributed by atoms with E-state index in [0.717, 1.165) is 28.5 Å². The summed E-state index contributed by atoms with van der Waals surface area (Å²) in [7, 11) is 0. The lowest BCUT2D eigenvalue weighted by atomic mass is 10.1. The molecular weight excluding hydrogens is 324 g/mol. The number of hydrogen-bond acceptors (Lipinski definition) is 4. The van der Waals surface area contributed by atoms with Crippen molar-refractivity contribution in [1.29, 1.82) is 0 Å². The van der Waals surface area contributed by atoms with Crippen LogP contribution in [0.3, 0.4) is 0 Å². The molecule has 0 unspecified atom stereocenters. The fraction of sp³-hybridized carbons (Fsp3) is 0.100. The summed E-state index contributed by atoms with van der Waals surface area (Å²) in [6.07, 6.45) is 0.582. The molecule has 0 aliphatic carbocycles. The molecule has 0 aliphatic rings. The predicted molar refractivity (Wildman–Crippen MR) is 99.6 cm³/mol. The fourth-order valence-corrected chi connectivity index (χ4v) is 3.32. The highest BCUT2D eigenvalue weighted by molar-refractivity contribution is 5.75. The van der Waals surface area contributed by atoms with Gasteiger partial charge in [-0.25, -0.2) is 9.36 Å². The molecule has 5 aromatic rings. The zero-order valence-corrected chi connectivity index (χ0v) is 14.0. The van der Waals surface area contributed by atoms with Crippen LogP contribution >= 0.6 is 0 Å². The Kier molecular flexibility index (Phi) is 3.45. The van der Waals surface area contributed by atoms with E-state index in [-0.39, 0.29) is 6.17 Å². The van der Waals surface area contributed by atoms with Crippen LogP contribution in [0.2, 0.25) is 0 Å². The number of para-hydroxylation sites is 2. The number of hydrogen-bond donors (Lipinski definition) is 0. The van der Waals surface area contributed by atoms with Gasteiger partial charge in [-0.2, -0.15) is 0 Å². The van der Waals surface area contributed by atoms with E-state index in [1.165, 1.54) is 5.56 Å². The Bertz CT molecular complexity index is 1100. The van der Waals surface area contributed by atoms with E-state index >= 15 is 0 Å². The molecule has 0 radical (unpaired) electrons. The van der Waals surface area contributed by atoms with Crippen LogP contribution in [0.15, 0.2) is 78.9 Å². The summed E-state index contributed by atoms with van der Waals surface area (Å²) in [6.45, 7) is 0. The second-order valence-corrected chi connectivity index (χ2v) is 6.22. The van der Waals surface area contributed by atoms with Crippen LogP contribution in [-0.4, -0.2) is 30.0 Å². The molecule has 5 rings (SSSR count). The van der Waals surface area contributed by atoms with Gasteiger partial charge < -0.3 is 0 Å². The summed E-state index contributed by atoms with van der Waals surface area (Å²) in [5.41, 5.74) is 4.91. The Morgan fingerprint density at radius 1 is 0.615 bits per heavy atom. The fourth-order valence-electron chi connectivity index (χ4n) is 3.32. The van der Waals surface area contributed by atoms with Gasteiger partial charge in [-0.3, -0.25) is 0 Å². The molecule has 0 N–H and O–H groups in total. The van der Waals surface area contributed by atoms with Gasteiger partial charge in [0.15, 0.2) is 6.17 Å². The van der Waals surface area contributed by atoms with Crippen LogP contribution in [0.4, 0.5) is 0 Å². The predicted octanol–water partition coefficient (Wildman–Crippen LogP) is 3.47. The maximum absolute atomic E-state index is 4.43. The third-order valence-corrected chi connectivity index (χ3v) is 4.58. The first-order valence-electron chi connectivity index (χ1n) is 8.54. The third-order valence-electron chi connectivity index (χ3n) is 4.58. The molecular formula is C20H16N6. The normalized spacial score (nSPS) is 11.6. The molecule has 6 heteroatoms. The summed E-state index contributed by atoms with van der Waals surface area (Å²) < 4.78 is 3.87. The number of rotatable bonds is 4. The van der Waals surface area contributed by atoms with E-state index in [1.807, 2.05) is 76.1 Å². The molecule has 26 heavy (non-hydrogen) atoms. The molecule has 0 saturated carbocycles. The Hall–Kier alpha value is -3.54. The second kappa shape index (κ2) is 6.07. The van der Waals surface area contributed by atoms with Crippen molar-refractivity contribution in [3.63, 3.8) is 0 Å². The van der Waals surface area contributed by atoms with E-state index in [2.05, 4.69) is 32.8 Å². The van der Waals surface area contributed by atoms with Crippen molar-refractivity contribution in [1.82, 2.24) is 30.0 Å². The van der Waals surface area contributed by atoms with Crippen LogP contribution < -0.4 is 0 Å². The first-order valence-corrected chi connectivity index (χ1v) is 8.54. The summed E-state index contributed by atoms with van der Waals surface area (Å²) in [5.74, 6) is 0. The Balaban J connectivity index is 1.70. The van der Waals surface area contributed by atoms with Gasteiger partial charge in [0.25, 0.3) is 0 Å². The Morgan fingerprint density at radius 3 is 1.69 bits per heavy atom. The minimum Gasteiger partial charge on any atom is -0.219 e. The second-order valence-electron chi connectivity index (χ2n) is 6.22. The van der Waals surface area contributed by atoms with Gasteiger partial charge in [0.05, 0.1) is 11.0 Å². The van der Waals surface area contributed by atoms with Crippen LogP contribution in [0.1, 0.15) is 11.7 Å². The molecule has 2 aromatic heterocycles. The number of fused-ring (bicyclic) bond motifs is 2. The van der Waals surface area contributed by atoms with Crippen LogP contribution in [-0.2, 0) is 6.42 Å². The molecule has 0 fully saturated rings. The highest BCUT2D eigenvalue weighted by Gasteiger charge is 2.21. The standard InChI is InChI=1S/C20H16N6/c1-2-8-15(9-3-1)14-20(25-18-12-6-4-10-16(18)21-23-25)26-19-13-7-5-11-17(19)22-24-26/h1-13,20H,14H2. The van der Waals surface area contributed by atoms with Crippen molar-refractivity contribution in [2.24, 2.45) is 0 Å². The minimum absolute atomic E-state index is 0.155. The van der Waals surface area contributed by atoms with Crippen LogP contribution in [0, 0.1) is 0 Å². The van der Waals surface area contributed by atoms with Crippen molar-refractivity contribution in [2.75, 3.05) is 0 Å². The van der Waals surface area contributed by atoms with Gasteiger partial charge in [0.2, 0.25) is 0 Å². The lowest BCUT2D eigenvalue weighted by Crippen LogP contribution is -2.23. The van der Waals surface area contributed by atoms with Gasteiger partial charge in [-0.15, -0.1) is 10.2 Å². The van der Waals surface area contributed by atoms with Gasteiger partial charge in [-0.1, -0.05) is 65.0 Å². The molecule has 0 bridgehead atoms. The molecule has 0 saturated heterocycles. The lowest BCUT2D eigenvalue weighted by molar-refractivity contribution is 0.362. The highest BCUT2D eigenvalue weighted by Crippen LogP contribution is 2.24. The Labute approximate surface area is 149 Å². The molecule has 0 spiro atoms. The van der Waals surface area contributed by atoms with Crippen molar-refractivity contribution >= 4 is 22.1 Å². The van der Waals surface area contributed by atoms with Crippen molar-refractivity contribution in [2.45, 2.75) is 12.6 Å². The maximum atomic E-state index is 4.43. The Morgan fingerprint density at radius 2 is 1.12 bits per heavy atom. The molecule has 3 aromatic carbocycles. The monoisotopic (exact) mass is 340 g/mol. The molecule has 0 atom stereocenters. The zero-order valence-electron chi connectivity index (χ0n) is 14.0. The first kappa shape index (κ1) is 14.8. The largest absolute Gasteiger partial charge is 0.219 e. The SMILES string of the molecule is c1ccc(CC(n2nnc3ccccc32)n2nnc3ccccc32)cc1. The van der Waals surface area contributed by atoms with Gasteiger partial charge in [-0.05, 0) is 29.8 Å². The number of aromatic nitrogens is 6. The summed E-state index contributed by atoms with van der Waals surface area (Å²) >= 11 is 0. The number of nitrogens with zero attached hydrogens (tertiary/aromatic N) is 6. The molecule has 2 heterocycles. The third kappa shape index (κ3) is 2.43. The van der Waals surface area contributed by atoms with Crippen molar-refractivity contribution in [3.05, 3.63) is 84.4 Å². The van der Waals surface area contributed by atoms with Crippen LogP contribution in [0.5, 0.6) is 0 Å². The molecule has 126 valence electrons. The van der Waals surface area contributed by atoms with Gasteiger partial charge >= 0.3 is 0 Å². The number of benzene rings is 3. The molecule has 0 amide bonds. The average molecular weight is 340 g/mol. The maximum Gasteiger partial charge on any atom is 0.152 e. The lowest BCUT2D eigenvalue weighted by Gasteiger charge is -2.19. The van der Waals surface area contributed by atoms with Crippen molar-refractivity contribution in [3.8, 4) is 0 Å². The first-order chi connectivity index (χ1) is 12.9. The van der Waals surface area contributed by atoms with Gasteiger partial charge in [0.1, 0.15) is 11.0 Å². The quantitative estimate of drug-likeness (QED) is 0.503. The minimum atomic E-state index is -0.155. The molecule has 0 aliphatic heterocycles. The highest BCUT2D eigenvalue weighted by atomic mass is 15.5. The smallest absolute Gasteiger partial charge is 0.152 e. The van der Waals surface area contributed by atoms with Crippen LogP contribution in [0.25, 0.3) is 22.1 Å². The van der Waals surface area contributed by atoms with E-state index in [4.69, 9.17) is 0 Å². The van der Waals surface area contributed by atoms with E-state index in [0.29, 0.717) is 0 Å². The van der Waals surface area contributed by atoms with E-state index < -0.39 is 0 Å². The average Bonchev–Trinajstić information content (AvgIpc) is 3.32. The summed E-state index contributed by atoms with van der Waals surface area (Å²) in [4.78, 5) is 0. The summed E-state index contributed by atoms with van der Waals surface area (Å²) in [5, 5.41) is 17.5. The van der Waals surface area contributed by atoms with Crippen molar-refractivity contribution < 1.29 is 0 Å². The molecule has 6 nitrogen and oxygen atoms in total. The van der Waals surface area contributed by atoms with E-state index in [9.17, 15) is 0 Å². The van der Waals surface area contributed by atoms with Gasteiger partial charge in [0, 0.05) is 6.42 Å². The summed E-state index contributed by atoms with van der Waals surface area (Å²) in [6, 6.07) is 26.3. The van der Waals surface area contributed by atoms with E-state index in [1.54, 1.807) is 0 Å². The topological polar surface area (TPSA) is 61.4 Å².